The second-order valence-corrected chi connectivity index (χ2v) is 4.98. The molecule has 1 heterocycles. The molecule has 0 aromatic heterocycles. The summed E-state index contributed by atoms with van der Waals surface area (Å²) in [5, 5.41) is 3.44. The van der Waals surface area contributed by atoms with Crippen LogP contribution in [0.1, 0.15) is 18.9 Å². The van der Waals surface area contributed by atoms with Crippen molar-refractivity contribution >= 4 is 0 Å². The number of rotatable bonds is 5. The monoisotopic (exact) mass is 249 g/mol. The SMILES string of the molecule is CNC(Cc1ccc(OC)cc1)C1CCOC1C. The summed E-state index contributed by atoms with van der Waals surface area (Å²) in [6, 6.07) is 8.82. The average Bonchev–Trinajstić information content (AvgIpc) is 2.83. The first-order valence-corrected chi connectivity index (χ1v) is 6.66. The minimum absolute atomic E-state index is 0.362. The summed E-state index contributed by atoms with van der Waals surface area (Å²) >= 11 is 0. The first-order chi connectivity index (χ1) is 8.74. The Balaban J connectivity index is 2.00. The predicted octanol–water partition coefficient (Wildman–Crippen LogP) is 2.25. The smallest absolute Gasteiger partial charge is 0.118 e. The molecule has 3 heteroatoms. The van der Waals surface area contributed by atoms with Gasteiger partial charge in [-0.1, -0.05) is 12.1 Å². The normalized spacial score (nSPS) is 25.1. The fourth-order valence-electron chi connectivity index (χ4n) is 2.76. The Morgan fingerprint density at radius 3 is 2.61 bits per heavy atom. The molecule has 3 nitrogen and oxygen atoms in total. The first-order valence-electron chi connectivity index (χ1n) is 6.66. The minimum Gasteiger partial charge on any atom is -0.497 e. The number of hydrogen-bond acceptors (Lipinski definition) is 3. The van der Waals surface area contributed by atoms with Crippen molar-refractivity contribution < 1.29 is 9.47 Å². The van der Waals surface area contributed by atoms with E-state index in [1.165, 1.54) is 5.56 Å². The molecule has 3 atom stereocenters. The van der Waals surface area contributed by atoms with Crippen molar-refractivity contribution in [3.63, 3.8) is 0 Å². The van der Waals surface area contributed by atoms with Crippen molar-refractivity contribution in [1.29, 1.82) is 0 Å². The van der Waals surface area contributed by atoms with E-state index in [0.717, 1.165) is 25.2 Å². The van der Waals surface area contributed by atoms with Crippen LogP contribution in [-0.4, -0.2) is 32.9 Å². The Bertz CT molecular complexity index is 363. The summed E-state index contributed by atoms with van der Waals surface area (Å²) in [6.07, 6.45) is 2.56. The molecule has 1 aliphatic rings. The van der Waals surface area contributed by atoms with Crippen molar-refractivity contribution in [2.24, 2.45) is 5.92 Å². The third-order valence-corrected chi connectivity index (χ3v) is 3.94. The second-order valence-electron chi connectivity index (χ2n) is 4.98. The number of nitrogens with one attached hydrogen (secondary N) is 1. The summed E-state index contributed by atoms with van der Waals surface area (Å²) in [5.41, 5.74) is 1.34. The Morgan fingerprint density at radius 1 is 1.39 bits per heavy atom. The van der Waals surface area contributed by atoms with E-state index in [1.807, 2.05) is 19.2 Å². The molecule has 0 bridgehead atoms. The zero-order chi connectivity index (χ0) is 13.0. The number of ether oxygens (including phenoxy) is 2. The summed E-state index contributed by atoms with van der Waals surface area (Å²) in [4.78, 5) is 0. The van der Waals surface area contributed by atoms with Crippen LogP contribution in [0.4, 0.5) is 0 Å². The van der Waals surface area contributed by atoms with E-state index in [4.69, 9.17) is 9.47 Å². The van der Waals surface area contributed by atoms with E-state index < -0.39 is 0 Å². The van der Waals surface area contributed by atoms with Crippen LogP contribution in [0.15, 0.2) is 24.3 Å². The van der Waals surface area contributed by atoms with Crippen LogP contribution in [0.3, 0.4) is 0 Å². The Kier molecular flexibility index (Phi) is 4.61. The lowest BCUT2D eigenvalue weighted by Gasteiger charge is -2.25. The molecule has 0 amide bonds. The van der Waals surface area contributed by atoms with Gasteiger partial charge in [0.25, 0.3) is 0 Å². The largest absolute Gasteiger partial charge is 0.497 e. The van der Waals surface area contributed by atoms with Gasteiger partial charge in [-0.2, -0.15) is 0 Å². The molecule has 1 fully saturated rings. The lowest BCUT2D eigenvalue weighted by Crippen LogP contribution is -2.38. The molecule has 0 saturated carbocycles. The van der Waals surface area contributed by atoms with Crippen LogP contribution in [0.5, 0.6) is 5.75 Å². The standard InChI is InChI=1S/C15H23NO2/c1-11-14(8-9-18-11)15(16-2)10-12-4-6-13(17-3)7-5-12/h4-7,11,14-16H,8-10H2,1-3H3. The molecule has 1 aromatic rings. The van der Waals surface area contributed by atoms with Crippen molar-refractivity contribution in [2.75, 3.05) is 20.8 Å². The highest BCUT2D eigenvalue weighted by Crippen LogP contribution is 2.26. The van der Waals surface area contributed by atoms with Gasteiger partial charge in [0.1, 0.15) is 5.75 Å². The topological polar surface area (TPSA) is 30.5 Å². The fraction of sp³-hybridized carbons (Fsp3) is 0.600. The predicted molar refractivity (Wildman–Crippen MR) is 73.1 cm³/mol. The van der Waals surface area contributed by atoms with Gasteiger partial charge in [0.05, 0.1) is 13.2 Å². The van der Waals surface area contributed by atoms with E-state index >= 15 is 0 Å². The molecule has 1 saturated heterocycles. The molecule has 3 unspecified atom stereocenters. The fourth-order valence-corrected chi connectivity index (χ4v) is 2.76. The third kappa shape index (κ3) is 3.03. The zero-order valence-corrected chi connectivity index (χ0v) is 11.5. The van der Waals surface area contributed by atoms with Crippen LogP contribution < -0.4 is 10.1 Å². The van der Waals surface area contributed by atoms with E-state index in [0.29, 0.717) is 18.1 Å². The van der Waals surface area contributed by atoms with Gasteiger partial charge in [0.2, 0.25) is 0 Å². The highest BCUT2D eigenvalue weighted by molar-refractivity contribution is 5.27. The van der Waals surface area contributed by atoms with Gasteiger partial charge < -0.3 is 14.8 Å². The summed E-state index contributed by atoms with van der Waals surface area (Å²) in [5.74, 6) is 1.52. The average molecular weight is 249 g/mol. The van der Waals surface area contributed by atoms with E-state index in [-0.39, 0.29) is 0 Å². The van der Waals surface area contributed by atoms with Gasteiger partial charge in [-0.05, 0) is 44.5 Å². The second kappa shape index (κ2) is 6.21. The number of likely N-dealkylation sites (N-methyl/N-ethyl adjacent to an activating group) is 1. The van der Waals surface area contributed by atoms with Crippen LogP contribution in [0.25, 0.3) is 0 Å². The lowest BCUT2D eigenvalue weighted by molar-refractivity contribution is 0.0963. The van der Waals surface area contributed by atoms with Crippen LogP contribution in [0, 0.1) is 5.92 Å². The molecule has 18 heavy (non-hydrogen) atoms. The summed E-state index contributed by atoms with van der Waals surface area (Å²) < 4.78 is 10.8. The molecule has 1 N–H and O–H groups in total. The summed E-state index contributed by atoms with van der Waals surface area (Å²) in [7, 11) is 3.74. The highest BCUT2D eigenvalue weighted by Gasteiger charge is 2.30. The maximum atomic E-state index is 5.66. The van der Waals surface area contributed by atoms with Gasteiger partial charge in [0.15, 0.2) is 0 Å². The van der Waals surface area contributed by atoms with E-state index in [2.05, 4.69) is 24.4 Å². The van der Waals surface area contributed by atoms with Crippen molar-refractivity contribution in [3.05, 3.63) is 29.8 Å². The van der Waals surface area contributed by atoms with E-state index in [1.54, 1.807) is 7.11 Å². The van der Waals surface area contributed by atoms with Crippen LogP contribution >= 0.6 is 0 Å². The molecule has 100 valence electrons. The van der Waals surface area contributed by atoms with Gasteiger partial charge in [-0.3, -0.25) is 0 Å². The van der Waals surface area contributed by atoms with Gasteiger partial charge in [-0.15, -0.1) is 0 Å². The Labute approximate surface area is 109 Å². The number of methoxy groups -OCH3 is 1. The van der Waals surface area contributed by atoms with Crippen molar-refractivity contribution in [1.82, 2.24) is 5.32 Å². The van der Waals surface area contributed by atoms with Crippen molar-refractivity contribution in [2.45, 2.75) is 31.9 Å². The molecule has 2 rings (SSSR count). The molecular formula is C15H23NO2. The van der Waals surface area contributed by atoms with Gasteiger partial charge in [-0.25, -0.2) is 0 Å². The molecule has 1 aliphatic heterocycles. The molecule has 1 aromatic carbocycles. The Morgan fingerprint density at radius 2 is 2.11 bits per heavy atom. The third-order valence-electron chi connectivity index (χ3n) is 3.94. The Hall–Kier alpha value is -1.06. The minimum atomic E-state index is 0.362. The lowest BCUT2D eigenvalue weighted by atomic mass is 9.89. The quantitative estimate of drug-likeness (QED) is 0.868. The van der Waals surface area contributed by atoms with Gasteiger partial charge >= 0.3 is 0 Å². The molecule has 0 aliphatic carbocycles. The van der Waals surface area contributed by atoms with Crippen LogP contribution in [0.2, 0.25) is 0 Å². The van der Waals surface area contributed by atoms with E-state index in [9.17, 15) is 0 Å². The molecular weight excluding hydrogens is 226 g/mol. The number of hydrogen-bond donors (Lipinski definition) is 1. The van der Waals surface area contributed by atoms with Gasteiger partial charge in [0, 0.05) is 18.6 Å². The highest BCUT2D eigenvalue weighted by atomic mass is 16.5. The molecule has 0 radical (unpaired) electrons. The number of benzene rings is 1. The summed E-state index contributed by atoms with van der Waals surface area (Å²) in [6.45, 7) is 3.07. The van der Waals surface area contributed by atoms with Crippen LogP contribution in [-0.2, 0) is 11.2 Å². The van der Waals surface area contributed by atoms with Crippen molar-refractivity contribution in [3.8, 4) is 5.75 Å². The first kappa shape index (κ1) is 13.4. The zero-order valence-electron chi connectivity index (χ0n) is 11.5. The maximum absolute atomic E-state index is 5.66. The molecule has 0 spiro atoms. The maximum Gasteiger partial charge on any atom is 0.118 e.